The third-order valence-corrected chi connectivity index (χ3v) is 5.35. The highest BCUT2D eigenvalue weighted by molar-refractivity contribution is 8.19. The molecule has 26 heavy (non-hydrogen) atoms. The molecule has 0 atom stereocenters. The molecule has 7 heteroatoms. The van der Waals surface area contributed by atoms with E-state index >= 15 is 0 Å². The maximum absolute atomic E-state index is 12.2. The van der Waals surface area contributed by atoms with Crippen LogP contribution in [0.3, 0.4) is 0 Å². The molecule has 1 fully saturated rings. The molecular weight excluding hydrogens is 370 g/mol. The molecule has 5 nitrogen and oxygen atoms in total. The van der Waals surface area contributed by atoms with Crippen molar-refractivity contribution in [1.29, 1.82) is 0 Å². The maximum atomic E-state index is 12.2. The van der Waals surface area contributed by atoms with Gasteiger partial charge in [0.25, 0.3) is 5.24 Å². The van der Waals surface area contributed by atoms with Gasteiger partial charge in [-0.3, -0.25) is 14.5 Å². The summed E-state index contributed by atoms with van der Waals surface area (Å²) in [5.41, 5.74) is 0.972. The van der Waals surface area contributed by atoms with E-state index in [0.717, 1.165) is 47.2 Å². The second-order valence-corrected chi connectivity index (χ2v) is 7.10. The first-order valence-electron chi connectivity index (χ1n) is 8.60. The first kappa shape index (κ1) is 20.5. The van der Waals surface area contributed by atoms with Crippen molar-refractivity contribution in [2.75, 3.05) is 20.3 Å². The Hall–Kier alpha value is -1.86. The number of unbranched alkanes of at least 4 members (excludes halogenated alkanes) is 2. The van der Waals surface area contributed by atoms with Crippen LogP contribution in [0.15, 0.2) is 29.2 Å². The van der Waals surface area contributed by atoms with Crippen molar-refractivity contribution in [3.8, 4) is 5.75 Å². The maximum Gasteiger partial charge on any atom is 0.305 e. The van der Waals surface area contributed by atoms with Crippen LogP contribution in [0.5, 0.6) is 5.75 Å². The fourth-order valence-electron chi connectivity index (χ4n) is 2.49. The third-order valence-electron chi connectivity index (χ3n) is 3.86. The predicted molar refractivity (Wildman–Crippen MR) is 108 cm³/mol. The summed E-state index contributed by atoms with van der Waals surface area (Å²) in [6.45, 7) is 2.79. The lowest BCUT2D eigenvalue weighted by molar-refractivity contribution is -0.143. The topological polar surface area (TPSA) is 55.8 Å². The van der Waals surface area contributed by atoms with E-state index in [-0.39, 0.29) is 11.2 Å². The molecule has 0 radical (unpaired) electrons. The Labute approximate surface area is 163 Å². The average Bonchev–Trinajstić information content (AvgIpc) is 2.89. The SMILES string of the molecule is CCOC(=O)CCCCCN1C(=O)SC(=Cc2ccc(OC)cc2)C1=S. The van der Waals surface area contributed by atoms with Crippen molar-refractivity contribution in [2.24, 2.45) is 0 Å². The zero-order valence-electron chi connectivity index (χ0n) is 15.0. The third kappa shape index (κ3) is 5.85. The molecule has 0 unspecified atom stereocenters. The molecule has 1 aromatic carbocycles. The first-order chi connectivity index (χ1) is 12.5. The number of carbonyl (C=O) groups excluding carboxylic acids is 2. The summed E-state index contributed by atoms with van der Waals surface area (Å²) < 4.78 is 10.0. The summed E-state index contributed by atoms with van der Waals surface area (Å²) >= 11 is 6.62. The van der Waals surface area contributed by atoms with Crippen LogP contribution >= 0.6 is 24.0 Å². The molecule has 1 aromatic rings. The number of nitrogens with zero attached hydrogens (tertiary/aromatic N) is 1. The highest BCUT2D eigenvalue weighted by Gasteiger charge is 2.31. The molecule has 1 aliphatic heterocycles. The molecule has 2 rings (SSSR count). The van der Waals surface area contributed by atoms with Gasteiger partial charge < -0.3 is 9.47 Å². The van der Waals surface area contributed by atoms with Gasteiger partial charge in [0.1, 0.15) is 10.7 Å². The zero-order chi connectivity index (χ0) is 18.9. The molecule has 0 saturated carbocycles. The Bertz CT molecular complexity index is 685. The minimum absolute atomic E-state index is 0.0415. The number of amides is 1. The average molecular weight is 394 g/mol. The highest BCUT2D eigenvalue weighted by atomic mass is 32.2. The summed E-state index contributed by atoms with van der Waals surface area (Å²) in [6, 6.07) is 7.60. The summed E-state index contributed by atoms with van der Waals surface area (Å²) in [5.74, 6) is 0.620. The summed E-state index contributed by atoms with van der Waals surface area (Å²) in [6.07, 6.45) is 4.76. The van der Waals surface area contributed by atoms with Gasteiger partial charge in [-0.05, 0) is 55.3 Å². The quantitative estimate of drug-likeness (QED) is 0.263. The van der Waals surface area contributed by atoms with Gasteiger partial charge in [-0.25, -0.2) is 0 Å². The van der Waals surface area contributed by atoms with Crippen molar-refractivity contribution < 1.29 is 19.1 Å². The summed E-state index contributed by atoms with van der Waals surface area (Å²) in [4.78, 5) is 26.5. The second kappa shape index (κ2) is 10.3. The number of benzene rings is 1. The van der Waals surface area contributed by atoms with E-state index in [0.29, 0.717) is 24.6 Å². The fraction of sp³-hybridized carbons (Fsp3) is 0.421. The van der Waals surface area contributed by atoms with Gasteiger partial charge >= 0.3 is 5.97 Å². The molecule has 1 aliphatic rings. The van der Waals surface area contributed by atoms with Gasteiger partial charge in [-0.1, -0.05) is 30.8 Å². The Balaban J connectivity index is 1.84. The summed E-state index contributed by atoms with van der Waals surface area (Å²) in [5, 5.41) is -0.0415. The van der Waals surface area contributed by atoms with Gasteiger partial charge in [0.15, 0.2) is 0 Å². The van der Waals surface area contributed by atoms with E-state index in [1.165, 1.54) is 0 Å². The van der Waals surface area contributed by atoms with Gasteiger partial charge in [0, 0.05) is 13.0 Å². The molecule has 1 saturated heterocycles. The smallest absolute Gasteiger partial charge is 0.305 e. The van der Waals surface area contributed by atoms with Crippen LogP contribution in [-0.4, -0.2) is 41.4 Å². The van der Waals surface area contributed by atoms with Crippen LogP contribution in [0, 0.1) is 0 Å². The van der Waals surface area contributed by atoms with Crippen LogP contribution in [0.1, 0.15) is 38.2 Å². The van der Waals surface area contributed by atoms with E-state index in [2.05, 4.69) is 0 Å². The molecule has 1 heterocycles. The van der Waals surface area contributed by atoms with E-state index in [4.69, 9.17) is 21.7 Å². The highest BCUT2D eigenvalue weighted by Crippen LogP contribution is 2.33. The monoisotopic (exact) mass is 393 g/mol. The fourth-order valence-corrected chi connectivity index (χ4v) is 3.78. The number of thiocarbonyl (C=S) groups is 1. The number of rotatable bonds is 9. The number of esters is 1. The van der Waals surface area contributed by atoms with Crippen LogP contribution in [0.25, 0.3) is 6.08 Å². The van der Waals surface area contributed by atoms with E-state index in [9.17, 15) is 9.59 Å². The molecular formula is C19H23NO4S2. The Morgan fingerprint density at radius 2 is 1.96 bits per heavy atom. The largest absolute Gasteiger partial charge is 0.497 e. The molecule has 140 valence electrons. The number of ether oxygens (including phenoxy) is 2. The lowest BCUT2D eigenvalue weighted by atomic mass is 10.2. The zero-order valence-corrected chi connectivity index (χ0v) is 16.7. The van der Waals surface area contributed by atoms with Gasteiger partial charge in [-0.2, -0.15) is 0 Å². The lowest BCUT2D eigenvalue weighted by Gasteiger charge is -2.14. The normalized spacial score (nSPS) is 15.6. The van der Waals surface area contributed by atoms with Crippen LogP contribution < -0.4 is 4.74 Å². The number of carbonyl (C=O) groups is 2. The van der Waals surface area contributed by atoms with Gasteiger partial charge in [0.05, 0.1) is 18.6 Å². The molecule has 0 N–H and O–H groups in total. The van der Waals surface area contributed by atoms with E-state index in [1.54, 1.807) is 18.9 Å². The Kier molecular flexibility index (Phi) is 8.12. The van der Waals surface area contributed by atoms with Crippen molar-refractivity contribution in [3.63, 3.8) is 0 Å². The Morgan fingerprint density at radius 1 is 1.23 bits per heavy atom. The van der Waals surface area contributed by atoms with Gasteiger partial charge in [0.2, 0.25) is 0 Å². The molecule has 0 spiro atoms. The minimum atomic E-state index is -0.166. The summed E-state index contributed by atoms with van der Waals surface area (Å²) in [7, 11) is 1.62. The van der Waals surface area contributed by atoms with Crippen molar-refractivity contribution in [3.05, 3.63) is 34.7 Å². The first-order valence-corrected chi connectivity index (χ1v) is 9.82. The number of thioether (sulfide) groups is 1. The molecule has 0 aromatic heterocycles. The number of hydrogen-bond donors (Lipinski definition) is 0. The van der Waals surface area contributed by atoms with Crippen LogP contribution in [-0.2, 0) is 9.53 Å². The Morgan fingerprint density at radius 3 is 2.62 bits per heavy atom. The minimum Gasteiger partial charge on any atom is -0.497 e. The second-order valence-electron chi connectivity index (χ2n) is 5.72. The van der Waals surface area contributed by atoms with Crippen molar-refractivity contribution in [2.45, 2.75) is 32.6 Å². The molecule has 0 bridgehead atoms. The van der Waals surface area contributed by atoms with Crippen molar-refractivity contribution in [1.82, 2.24) is 4.90 Å². The van der Waals surface area contributed by atoms with Gasteiger partial charge in [-0.15, -0.1) is 0 Å². The van der Waals surface area contributed by atoms with Crippen LogP contribution in [0.2, 0.25) is 0 Å². The van der Waals surface area contributed by atoms with E-state index < -0.39 is 0 Å². The lowest BCUT2D eigenvalue weighted by Crippen LogP contribution is -2.27. The molecule has 1 amide bonds. The predicted octanol–water partition coefficient (Wildman–Crippen LogP) is 4.66. The van der Waals surface area contributed by atoms with Crippen molar-refractivity contribution >= 4 is 46.3 Å². The molecule has 0 aliphatic carbocycles. The standard InChI is InChI=1S/C19H23NO4S2/c1-3-24-17(21)7-5-4-6-12-20-18(25)16(26-19(20)22)13-14-8-10-15(23-2)11-9-14/h8-11,13H,3-7,12H2,1-2H3. The number of methoxy groups -OCH3 is 1. The number of hydrogen-bond acceptors (Lipinski definition) is 6. The van der Waals surface area contributed by atoms with E-state index in [1.807, 2.05) is 30.3 Å². The van der Waals surface area contributed by atoms with Crippen LogP contribution in [0.4, 0.5) is 4.79 Å².